The number of hydrogen-bond donors (Lipinski definition) is 0. The van der Waals surface area contributed by atoms with E-state index in [1.165, 1.54) is 0 Å². The van der Waals surface area contributed by atoms with Crippen LogP contribution in [0.5, 0.6) is 0 Å². The van der Waals surface area contributed by atoms with Gasteiger partial charge in [-0.15, -0.1) is 0 Å². The Kier molecular flexibility index (Phi) is 1.90. The monoisotopic (exact) mass is 159 g/mol. The predicted octanol–water partition coefficient (Wildman–Crippen LogP) is 1.37. The maximum atomic E-state index is 12.2. The fraction of sp³-hybridized carbons (Fsp3) is 0.714. The zero-order valence-electron chi connectivity index (χ0n) is 5.76. The molecule has 0 saturated heterocycles. The average Bonchev–Trinajstić information content (AvgIpc) is 1.86. The van der Waals surface area contributed by atoms with Crippen molar-refractivity contribution >= 4 is 6.29 Å². The minimum Gasteiger partial charge on any atom is -0.302 e. The van der Waals surface area contributed by atoms with Gasteiger partial charge >= 0.3 is 0 Å². The van der Waals surface area contributed by atoms with Crippen LogP contribution in [0.4, 0.5) is 8.78 Å². The van der Waals surface area contributed by atoms with Gasteiger partial charge in [-0.25, -0.2) is 8.78 Å². The van der Waals surface area contributed by atoms with Crippen molar-refractivity contribution in [1.29, 1.82) is 5.26 Å². The third-order valence-corrected chi connectivity index (χ3v) is 1.93. The van der Waals surface area contributed by atoms with Gasteiger partial charge < -0.3 is 4.79 Å². The maximum absolute atomic E-state index is 12.2. The van der Waals surface area contributed by atoms with Crippen molar-refractivity contribution in [3.63, 3.8) is 0 Å². The molecule has 1 atom stereocenters. The Morgan fingerprint density at radius 2 is 2.18 bits per heavy atom. The van der Waals surface area contributed by atoms with Gasteiger partial charge in [0.2, 0.25) is 5.92 Å². The lowest BCUT2D eigenvalue weighted by Crippen LogP contribution is -2.39. The summed E-state index contributed by atoms with van der Waals surface area (Å²) in [6.45, 7) is 0. The summed E-state index contributed by atoms with van der Waals surface area (Å²) in [5.74, 6) is -3.90. The molecular weight excluding hydrogens is 152 g/mol. The van der Waals surface area contributed by atoms with Gasteiger partial charge in [-0.3, -0.25) is 0 Å². The Hall–Kier alpha value is -0.980. The predicted molar refractivity (Wildman–Crippen MR) is 32.8 cm³/mol. The van der Waals surface area contributed by atoms with E-state index in [9.17, 15) is 13.6 Å². The number of rotatable bonds is 2. The van der Waals surface area contributed by atoms with Crippen LogP contribution in [-0.4, -0.2) is 12.2 Å². The summed E-state index contributed by atoms with van der Waals surface area (Å²) in [6, 6.07) is 1.69. The van der Waals surface area contributed by atoms with E-state index in [1.807, 2.05) is 0 Å². The molecule has 1 saturated carbocycles. The van der Waals surface area contributed by atoms with E-state index in [4.69, 9.17) is 5.26 Å². The standard InChI is InChI=1S/C7H7F2NO/c8-7(9)1-5(2-7)6(3-10)4-11/h4-6H,1-2H2. The summed E-state index contributed by atoms with van der Waals surface area (Å²) in [6.07, 6.45) is -0.187. The van der Waals surface area contributed by atoms with Crippen LogP contribution in [-0.2, 0) is 4.79 Å². The Bertz CT molecular complexity index is 201. The molecule has 0 aromatic carbocycles. The zero-order chi connectivity index (χ0) is 8.48. The number of alkyl halides is 2. The number of carbonyl (C=O) groups excluding carboxylic acids is 1. The van der Waals surface area contributed by atoms with Gasteiger partial charge in [-0.05, 0) is 5.92 Å². The van der Waals surface area contributed by atoms with Gasteiger partial charge in [0.25, 0.3) is 0 Å². The molecule has 60 valence electrons. The van der Waals surface area contributed by atoms with Crippen molar-refractivity contribution < 1.29 is 13.6 Å². The molecule has 0 heterocycles. The van der Waals surface area contributed by atoms with Crippen molar-refractivity contribution in [3.8, 4) is 6.07 Å². The van der Waals surface area contributed by atoms with Crippen LogP contribution in [0.15, 0.2) is 0 Å². The lowest BCUT2D eigenvalue weighted by Gasteiger charge is -2.35. The summed E-state index contributed by atoms with van der Waals surface area (Å²) in [7, 11) is 0. The van der Waals surface area contributed by atoms with Crippen LogP contribution >= 0.6 is 0 Å². The normalized spacial score (nSPS) is 24.8. The Morgan fingerprint density at radius 3 is 2.45 bits per heavy atom. The second-order valence-corrected chi connectivity index (χ2v) is 2.82. The van der Waals surface area contributed by atoms with Gasteiger partial charge in [-0.2, -0.15) is 5.26 Å². The third-order valence-electron chi connectivity index (χ3n) is 1.93. The Balaban J connectivity index is 2.43. The molecule has 11 heavy (non-hydrogen) atoms. The van der Waals surface area contributed by atoms with Gasteiger partial charge in [0, 0.05) is 12.8 Å². The van der Waals surface area contributed by atoms with E-state index in [0.717, 1.165) is 0 Å². The highest BCUT2D eigenvalue weighted by Gasteiger charge is 2.48. The molecule has 0 spiro atoms. The zero-order valence-corrected chi connectivity index (χ0v) is 5.76. The lowest BCUT2D eigenvalue weighted by molar-refractivity contribution is -0.131. The molecule has 0 aromatic rings. The van der Waals surface area contributed by atoms with Gasteiger partial charge in [-0.1, -0.05) is 0 Å². The molecule has 0 aromatic heterocycles. The molecule has 1 aliphatic rings. The molecule has 0 radical (unpaired) electrons. The maximum Gasteiger partial charge on any atom is 0.248 e. The van der Waals surface area contributed by atoms with Gasteiger partial charge in [0.1, 0.15) is 12.2 Å². The van der Waals surface area contributed by atoms with Crippen LogP contribution in [0.25, 0.3) is 0 Å². The van der Waals surface area contributed by atoms with Crippen LogP contribution < -0.4 is 0 Å². The lowest BCUT2D eigenvalue weighted by atomic mass is 9.74. The topological polar surface area (TPSA) is 40.9 Å². The summed E-state index contributed by atoms with van der Waals surface area (Å²) in [4.78, 5) is 10.1. The first-order valence-corrected chi connectivity index (χ1v) is 3.32. The molecule has 1 unspecified atom stereocenters. The minimum atomic E-state index is -2.64. The Labute approximate surface area is 62.8 Å². The molecular formula is C7H7F2NO. The molecule has 1 aliphatic carbocycles. The second-order valence-electron chi connectivity index (χ2n) is 2.82. The van der Waals surface area contributed by atoms with Crippen LogP contribution in [0.3, 0.4) is 0 Å². The highest BCUT2D eigenvalue weighted by Crippen LogP contribution is 2.45. The van der Waals surface area contributed by atoms with E-state index in [2.05, 4.69) is 0 Å². The van der Waals surface area contributed by atoms with E-state index in [1.54, 1.807) is 6.07 Å². The van der Waals surface area contributed by atoms with Crippen molar-refractivity contribution in [1.82, 2.24) is 0 Å². The van der Waals surface area contributed by atoms with E-state index in [0.29, 0.717) is 6.29 Å². The summed E-state index contributed by atoms with van der Waals surface area (Å²) in [5.41, 5.74) is 0. The molecule has 0 N–H and O–H groups in total. The molecule has 4 heteroatoms. The Morgan fingerprint density at radius 1 is 1.64 bits per heavy atom. The summed E-state index contributed by atoms with van der Waals surface area (Å²) >= 11 is 0. The van der Waals surface area contributed by atoms with Gasteiger partial charge in [0.05, 0.1) is 6.07 Å². The van der Waals surface area contributed by atoms with Crippen LogP contribution in [0.1, 0.15) is 12.8 Å². The first kappa shape index (κ1) is 8.12. The molecule has 2 nitrogen and oxygen atoms in total. The molecule has 1 fully saturated rings. The number of halogens is 2. The first-order valence-electron chi connectivity index (χ1n) is 3.32. The summed E-state index contributed by atoms with van der Waals surface area (Å²) in [5, 5.41) is 8.31. The van der Waals surface area contributed by atoms with Crippen molar-refractivity contribution in [2.24, 2.45) is 11.8 Å². The largest absolute Gasteiger partial charge is 0.302 e. The average molecular weight is 159 g/mol. The van der Waals surface area contributed by atoms with Crippen molar-refractivity contribution in [2.45, 2.75) is 18.8 Å². The number of aldehydes is 1. The van der Waals surface area contributed by atoms with E-state index >= 15 is 0 Å². The van der Waals surface area contributed by atoms with Crippen LogP contribution in [0, 0.1) is 23.2 Å². The molecule has 0 amide bonds. The number of nitrogens with zero attached hydrogens (tertiary/aromatic N) is 1. The third kappa shape index (κ3) is 1.53. The highest BCUT2D eigenvalue weighted by atomic mass is 19.3. The smallest absolute Gasteiger partial charge is 0.248 e. The van der Waals surface area contributed by atoms with Crippen molar-refractivity contribution in [3.05, 3.63) is 0 Å². The number of carbonyl (C=O) groups is 1. The van der Waals surface area contributed by atoms with Crippen molar-refractivity contribution in [2.75, 3.05) is 0 Å². The quantitative estimate of drug-likeness (QED) is 0.571. The molecule has 0 aliphatic heterocycles. The summed E-state index contributed by atoms with van der Waals surface area (Å²) < 4.78 is 24.4. The molecule has 1 rings (SSSR count). The first-order chi connectivity index (χ1) is 5.09. The fourth-order valence-corrected chi connectivity index (χ4v) is 1.21. The second kappa shape index (κ2) is 2.57. The molecule has 0 bridgehead atoms. The SMILES string of the molecule is N#CC(C=O)C1CC(F)(F)C1. The van der Waals surface area contributed by atoms with Gasteiger partial charge in [0.15, 0.2) is 0 Å². The van der Waals surface area contributed by atoms with E-state index in [-0.39, 0.29) is 12.8 Å². The number of nitriles is 1. The fourth-order valence-electron chi connectivity index (χ4n) is 1.21. The highest BCUT2D eigenvalue weighted by molar-refractivity contribution is 5.58. The van der Waals surface area contributed by atoms with E-state index < -0.39 is 17.8 Å². The number of hydrogen-bond acceptors (Lipinski definition) is 2. The van der Waals surface area contributed by atoms with Crippen LogP contribution in [0.2, 0.25) is 0 Å². The minimum absolute atomic E-state index is 0.316.